The highest BCUT2D eigenvalue weighted by Gasteiger charge is 2.61. The summed E-state index contributed by atoms with van der Waals surface area (Å²) in [5.74, 6) is 0.108. The second-order valence-corrected chi connectivity index (χ2v) is 14.0. The average Bonchev–Trinajstić information content (AvgIpc) is 2.86. The van der Waals surface area contributed by atoms with Crippen molar-refractivity contribution in [3.05, 3.63) is 35.9 Å². The van der Waals surface area contributed by atoms with Gasteiger partial charge in [-0.2, -0.15) is 0 Å². The van der Waals surface area contributed by atoms with Gasteiger partial charge in [-0.1, -0.05) is 77.0 Å². The molecule has 0 spiro atoms. The molecule has 0 unspecified atom stereocenters. The molecule has 4 nitrogen and oxygen atoms in total. The van der Waals surface area contributed by atoms with Crippen molar-refractivity contribution in [2.24, 2.45) is 11.1 Å². The third kappa shape index (κ3) is 3.07. The van der Waals surface area contributed by atoms with Crippen molar-refractivity contribution >= 4 is 14.3 Å². The monoisotopic (exact) mass is 361 g/mol. The molecule has 138 valence electrons. The lowest BCUT2D eigenvalue weighted by Crippen LogP contribution is -2.58. The lowest BCUT2D eigenvalue weighted by Gasteiger charge is -2.49. The largest absolute Gasteiger partial charge is 0.393 e. The lowest BCUT2D eigenvalue weighted by molar-refractivity contribution is 0.0375. The number of hydrogen-bond donors (Lipinski definition) is 0. The molecule has 1 aromatic carbocycles. The highest BCUT2D eigenvalue weighted by Crippen LogP contribution is 2.54. The summed E-state index contributed by atoms with van der Waals surface area (Å²) in [6, 6.07) is 10.3. The van der Waals surface area contributed by atoms with E-state index in [2.05, 4.69) is 65.8 Å². The maximum Gasteiger partial charge on any atom is 0.349 e. The van der Waals surface area contributed by atoms with Gasteiger partial charge >= 0.3 is 8.56 Å². The Morgan fingerprint density at radius 1 is 1.00 bits per heavy atom. The van der Waals surface area contributed by atoms with E-state index in [0.717, 1.165) is 11.3 Å². The molecule has 5 heteroatoms. The van der Waals surface area contributed by atoms with E-state index in [1.54, 1.807) is 0 Å². The van der Waals surface area contributed by atoms with Crippen LogP contribution < -0.4 is 0 Å². The Kier molecular flexibility index (Phi) is 4.63. The fourth-order valence-electron chi connectivity index (χ4n) is 4.36. The van der Waals surface area contributed by atoms with E-state index in [0.29, 0.717) is 6.61 Å². The maximum absolute atomic E-state index is 6.73. The topological polar surface area (TPSA) is 40.0 Å². The van der Waals surface area contributed by atoms with Crippen molar-refractivity contribution in [2.75, 3.05) is 6.61 Å². The first kappa shape index (κ1) is 18.6. The van der Waals surface area contributed by atoms with Gasteiger partial charge in [0, 0.05) is 16.7 Å². The van der Waals surface area contributed by atoms with Gasteiger partial charge in [0.15, 0.2) is 6.10 Å². The predicted molar refractivity (Wildman–Crippen MR) is 103 cm³/mol. The van der Waals surface area contributed by atoms with Crippen LogP contribution in [0.2, 0.25) is 10.1 Å². The van der Waals surface area contributed by atoms with Gasteiger partial charge in [-0.05, 0) is 12.5 Å². The second-order valence-electron chi connectivity index (χ2n) is 9.25. The molecule has 2 heterocycles. The van der Waals surface area contributed by atoms with Gasteiger partial charge in [0.1, 0.15) is 0 Å². The molecule has 0 N–H and O–H groups in total. The van der Waals surface area contributed by atoms with Gasteiger partial charge in [-0.3, -0.25) is 0 Å². The van der Waals surface area contributed by atoms with Crippen LogP contribution in [0.4, 0.5) is 0 Å². The molecule has 0 amide bonds. The van der Waals surface area contributed by atoms with Crippen molar-refractivity contribution < 1.29 is 13.7 Å². The Morgan fingerprint density at radius 3 is 2.16 bits per heavy atom. The number of oxime groups is 1. The molecular weight excluding hydrogens is 330 g/mol. The van der Waals surface area contributed by atoms with Gasteiger partial charge in [-0.25, -0.2) is 0 Å². The van der Waals surface area contributed by atoms with E-state index in [-0.39, 0.29) is 28.2 Å². The third-order valence-electron chi connectivity index (χ3n) is 5.35. The predicted octanol–water partition coefficient (Wildman–Crippen LogP) is 5.21. The van der Waals surface area contributed by atoms with Crippen LogP contribution in [0.3, 0.4) is 0 Å². The van der Waals surface area contributed by atoms with Crippen molar-refractivity contribution in [3.8, 4) is 0 Å². The Hall–Kier alpha value is -1.17. The zero-order chi connectivity index (χ0) is 18.5. The molecule has 2 aliphatic rings. The summed E-state index contributed by atoms with van der Waals surface area (Å²) < 4.78 is 13.4. The summed E-state index contributed by atoms with van der Waals surface area (Å²) in [4.78, 5) is 5.79. The van der Waals surface area contributed by atoms with Crippen LogP contribution in [0.15, 0.2) is 35.5 Å². The van der Waals surface area contributed by atoms with Crippen LogP contribution in [0.25, 0.3) is 0 Å². The fraction of sp³-hybridized carbons (Fsp3) is 0.650. The molecule has 0 bridgehead atoms. The summed E-state index contributed by atoms with van der Waals surface area (Å²) in [5.41, 5.74) is 2.12. The number of benzene rings is 1. The smallest absolute Gasteiger partial charge is 0.349 e. The minimum atomic E-state index is -2.53. The van der Waals surface area contributed by atoms with Crippen LogP contribution in [0.1, 0.15) is 60.1 Å². The minimum Gasteiger partial charge on any atom is -0.393 e. The molecule has 2 aliphatic heterocycles. The summed E-state index contributed by atoms with van der Waals surface area (Å²) in [6.07, 6.45) is -0.182. The number of rotatable bonds is 1. The third-order valence-corrected chi connectivity index (χ3v) is 10.6. The summed E-state index contributed by atoms with van der Waals surface area (Å²) in [7, 11) is -2.53. The van der Waals surface area contributed by atoms with Crippen molar-refractivity contribution in [3.63, 3.8) is 0 Å². The van der Waals surface area contributed by atoms with Crippen LogP contribution in [-0.2, 0) is 13.7 Å². The van der Waals surface area contributed by atoms with Gasteiger partial charge in [0.2, 0.25) is 0 Å². The van der Waals surface area contributed by atoms with E-state index in [1.807, 2.05) is 18.2 Å². The number of hydrogen-bond acceptors (Lipinski definition) is 4. The molecular formula is C20H31NO3Si. The quantitative estimate of drug-likeness (QED) is 0.645. The summed E-state index contributed by atoms with van der Waals surface area (Å²) >= 11 is 0. The SMILES string of the molecule is C[C@@H]1O[Si](C(C)(C)C)(C(C)(C)C)OC[C@H]2C1=NO[C@@H]2c1ccccc1. The Bertz CT molecular complexity index is 631. The summed E-state index contributed by atoms with van der Waals surface area (Å²) in [5, 5.41) is 4.34. The van der Waals surface area contributed by atoms with E-state index < -0.39 is 8.56 Å². The van der Waals surface area contributed by atoms with Crippen molar-refractivity contribution in [1.29, 1.82) is 0 Å². The zero-order valence-corrected chi connectivity index (χ0v) is 17.5. The first-order valence-corrected chi connectivity index (χ1v) is 11.0. The van der Waals surface area contributed by atoms with E-state index >= 15 is 0 Å². The zero-order valence-electron chi connectivity index (χ0n) is 16.5. The second kappa shape index (κ2) is 6.22. The number of fused-ring (bicyclic) bond motifs is 1. The molecule has 3 rings (SSSR count). The molecule has 1 fully saturated rings. The molecule has 1 aromatic rings. The molecule has 0 saturated carbocycles. The number of nitrogens with zero attached hydrogens (tertiary/aromatic N) is 1. The molecule has 0 aromatic heterocycles. The Labute approximate surface area is 152 Å². The standard InChI is InChI=1S/C20H31NO3Si/c1-14-17-16(18(23-21-17)15-11-9-8-10-12-15)13-22-25(24-14,19(2,3)4)20(5,6)7/h8-12,14,16,18H,13H2,1-7H3/t14-,16-,18+/m0/s1. The first-order chi connectivity index (χ1) is 11.6. The Balaban J connectivity index is 1.96. The Morgan fingerprint density at radius 2 is 1.60 bits per heavy atom. The van der Waals surface area contributed by atoms with Crippen LogP contribution >= 0.6 is 0 Å². The van der Waals surface area contributed by atoms with Gasteiger partial charge in [0.05, 0.1) is 17.7 Å². The van der Waals surface area contributed by atoms with Gasteiger partial charge in [-0.15, -0.1) is 0 Å². The molecule has 0 radical (unpaired) electrons. The first-order valence-electron chi connectivity index (χ1n) is 9.17. The fourth-order valence-corrected chi connectivity index (χ4v) is 9.28. The van der Waals surface area contributed by atoms with Crippen LogP contribution in [-0.4, -0.2) is 27.0 Å². The normalized spacial score (nSPS) is 29.4. The van der Waals surface area contributed by atoms with E-state index in [4.69, 9.17) is 13.7 Å². The average molecular weight is 362 g/mol. The van der Waals surface area contributed by atoms with Crippen molar-refractivity contribution in [1.82, 2.24) is 0 Å². The van der Waals surface area contributed by atoms with Crippen LogP contribution in [0, 0.1) is 5.92 Å². The van der Waals surface area contributed by atoms with E-state index in [1.165, 1.54) is 0 Å². The molecule has 1 saturated heterocycles. The highest BCUT2D eigenvalue weighted by molar-refractivity contribution is 6.73. The molecule has 0 aliphatic carbocycles. The van der Waals surface area contributed by atoms with Crippen LogP contribution in [0.5, 0.6) is 0 Å². The van der Waals surface area contributed by atoms with E-state index in [9.17, 15) is 0 Å². The molecule has 3 atom stereocenters. The maximum atomic E-state index is 6.73. The highest BCUT2D eigenvalue weighted by atomic mass is 28.4. The van der Waals surface area contributed by atoms with Gasteiger partial charge < -0.3 is 13.7 Å². The lowest BCUT2D eigenvalue weighted by atomic mass is 9.91. The summed E-state index contributed by atoms with van der Waals surface area (Å²) in [6.45, 7) is 16.1. The molecule has 25 heavy (non-hydrogen) atoms. The minimum absolute atomic E-state index is 0.0399. The van der Waals surface area contributed by atoms with Crippen molar-refractivity contribution in [2.45, 2.75) is 70.8 Å². The van der Waals surface area contributed by atoms with Gasteiger partial charge in [0.25, 0.3) is 0 Å².